The lowest BCUT2D eigenvalue weighted by Crippen LogP contribution is -2.28. The third kappa shape index (κ3) is 3.05. The Morgan fingerprint density at radius 1 is 0.561 bits per heavy atom. The van der Waals surface area contributed by atoms with Gasteiger partial charge in [-0.25, -0.2) is 0 Å². The molecule has 0 spiro atoms. The van der Waals surface area contributed by atoms with Crippen LogP contribution in [0.4, 0.5) is 0 Å². The second-order valence-corrected chi connectivity index (χ2v) is 13.4. The number of furan rings is 1. The van der Waals surface area contributed by atoms with Crippen molar-refractivity contribution in [1.82, 2.24) is 0 Å². The third-order valence-corrected chi connectivity index (χ3v) is 11.1. The first-order valence-corrected chi connectivity index (χ1v) is 16.0. The first kappa shape index (κ1) is 24.0. The normalized spacial score (nSPS) is 13.8. The Bertz CT molecular complexity index is 2160. The minimum atomic E-state index is -0.532. The fourth-order valence-electron chi connectivity index (χ4n) is 7.10. The maximum absolute atomic E-state index is 6.81. The van der Waals surface area contributed by atoms with Crippen molar-refractivity contribution in [3.8, 4) is 11.1 Å². The molecule has 8 aromatic rings. The number of halogens is 2. The van der Waals surface area contributed by atoms with E-state index >= 15 is 0 Å². The second-order valence-electron chi connectivity index (χ2n) is 10.6. The van der Waals surface area contributed by atoms with Gasteiger partial charge in [0.15, 0.2) is 0 Å². The van der Waals surface area contributed by atoms with Crippen LogP contribution in [0.1, 0.15) is 22.3 Å². The van der Waals surface area contributed by atoms with Crippen LogP contribution in [0.15, 0.2) is 135 Å². The lowest BCUT2D eigenvalue weighted by molar-refractivity contribution is 0.668. The maximum atomic E-state index is 6.81. The molecule has 0 saturated carbocycles. The predicted molar refractivity (Wildman–Crippen MR) is 179 cm³/mol. The van der Waals surface area contributed by atoms with Gasteiger partial charge in [0, 0.05) is 51.0 Å². The van der Waals surface area contributed by atoms with Gasteiger partial charge in [0.25, 0.3) is 0 Å². The second kappa shape index (κ2) is 8.65. The van der Waals surface area contributed by atoms with E-state index in [0.717, 1.165) is 30.9 Å². The standard InChI is InChI=1S/C37H20Br2OS/c38-27-19-25-33(35-31(27)23-15-7-9-17-29(23)40-35)34-26(20-28(39)32-24-16-8-10-18-30(24)41-36(32)34)37(25,21-11-3-1-4-12-21)22-13-5-2-6-14-22/h1-20H. The number of rotatable bonds is 2. The smallest absolute Gasteiger partial charge is 0.144 e. The van der Waals surface area contributed by atoms with Crippen LogP contribution >= 0.6 is 43.2 Å². The molecule has 0 fully saturated rings. The molecule has 0 amide bonds. The molecule has 0 unspecified atom stereocenters. The third-order valence-electron chi connectivity index (χ3n) is 8.68. The lowest BCUT2D eigenvalue weighted by Gasteiger charge is -2.34. The Kier molecular flexibility index (Phi) is 5.06. The van der Waals surface area contributed by atoms with Gasteiger partial charge in [-0.1, -0.05) is 129 Å². The van der Waals surface area contributed by atoms with Crippen LogP contribution in [-0.2, 0) is 5.41 Å². The maximum Gasteiger partial charge on any atom is 0.144 e. The summed E-state index contributed by atoms with van der Waals surface area (Å²) in [7, 11) is 0. The van der Waals surface area contributed by atoms with Crippen LogP contribution < -0.4 is 0 Å². The molecule has 0 radical (unpaired) electrons. The SMILES string of the molecule is Brc1cc2c(c3oc4ccccc4c13)-c1c(cc(Br)c3c1sc1ccccc13)C2(c1ccccc1)c1ccccc1. The van der Waals surface area contributed by atoms with Crippen LogP contribution in [0.5, 0.6) is 0 Å². The summed E-state index contributed by atoms with van der Waals surface area (Å²) in [4.78, 5) is 0. The minimum absolute atomic E-state index is 0.532. The Morgan fingerprint density at radius 3 is 1.83 bits per heavy atom. The van der Waals surface area contributed by atoms with E-state index in [-0.39, 0.29) is 0 Å². The van der Waals surface area contributed by atoms with Crippen molar-refractivity contribution in [3.63, 3.8) is 0 Å². The summed E-state index contributed by atoms with van der Waals surface area (Å²) in [6.45, 7) is 0. The molecule has 1 aliphatic rings. The summed E-state index contributed by atoms with van der Waals surface area (Å²) < 4.78 is 11.6. The van der Waals surface area contributed by atoms with Crippen molar-refractivity contribution in [1.29, 1.82) is 0 Å². The van der Waals surface area contributed by atoms with E-state index in [1.807, 2.05) is 17.4 Å². The van der Waals surface area contributed by atoms with Crippen LogP contribution in [0.25, 0.3) is 53.2 Å². The molecule has 0 atom stereocenters. The highest BCUT2D eigenvalue weighted by Gasteiger charge is 2.49. The Balaban J connectivity index is 1.59. The monoisotopic (exact) mass is 670 g/mol. The number of thiophene rings is 1. The zero-order valence-electron chi connectivity index (χ0n) is 21.6. The van der Waals surface area contributed by atoms with Crippen molar-refractivity contribution in [2.75, 3.05) is 0 Å². The summed E-state index contributed by atoms with van der Waals surface area (Å²) >= 11 is 9.95. The highest BCUT2D eigenvalue weighted by atomic mass is 79.9. The topological polar surface area (TPSA) is 13.1 Å². The van der Waals surface area contributed by atoms with Crippen LogP contribution in [0.3, 0.4) is 0 Å². The van der Waals surface area contributed by atoms with E-state index in [9.17, 15) is 0 Å². The van der Waals surface area contributed by atoms with E-state index in [2.05, 4.69) is 147 Å². The van der Waals surface area contributed by atoms with E-state index in [1.54, 1.807) is 0 Å². The van der Waals surface area contributed by atoms with Gasteiger partial charge in [-0.15, -0.1) is 11.3 Å². The molecule has 41 heavy (non-hydrogen) atoms. The van der Waals surface area contributed by atoms with Gasteiger partial charge >= 0.3 is 0 Å². The minimum Gasteiger partial charge on any atom is -0.455 e. The zero-order chi connectivity index (χ0) is 27.3. The van der Waals surface area contributed by atoms with Crippen molar-refractivity contribution in [2.24, 2.45) is 0 Å². The largest absolute Gasteiger partial charge is 0.455 e. The van der Waals surface area contributed by atoms with Gasteiger partial charge in [-0.3, -0.25) is 0 Å². The zero-order valence-corrected chi connectivity index (χ0v) is 25.6. The first-order valence-electron chi connectivity index (χ1n) is 13.6. The Hall–Kier alpha value is -3.70. The number of fused-ring (bicyclic) bond motifs is 11. The molecule has 1 aliphatic carbocycles. The fraction of sp³-hybridized carbons (Fsp3) is 0.0270. The van der Waals surface area contributed by atoms with Crippen molar-refractivity contribution in [2.45, 2.75) is 5.41 Å². The number of hydrogen-bond acceptors (Lipinski definition) is 2. The lowest BCUT2D eigenvalue weighted by atomic mass is 9.67. The van der Waals surface area contributed by atoms with E-state index in [0.29, 0.717) is 0 Å². The van der Waals surface area contributed by atoms with Gasteiger partial charge in [-0.2, -0.15) is 0 Å². The molecule has 2 heterocycles. The summed E-state index contributed by atoms with van der Waals surface area (Å²) in [6.07, 6.45) is 0. The van der Waals surface area contributed by atoms with Gasteiger partial charge < -0.3 is 4.42 Å². The van der Waals surface area contributed by atoms with E-state index < -0.39 is 5.41 Å². The van der Waals surface area contributed by atoms with Gasteiger partial charge in [-0.05, 0) is 46.5 Å². The molecule has 2 aromatic heterocycles. The van der Waals surface area contributed by atoms with Gasteiger partial charge in [0.2, 0.25) is 0 Å². The summed E-state index contributed by atoms with van der Waals surface area (Å²) in [5, 5.41) is 4.79. The van der Waals surface area contributed by atoms with Gasteiger partial charge in [0.05, 0.1) is 5.41 Å². The van der Waals surface area contributed by atoms with E-state index in [1.165, 1.54) is 53.6 Å². The van der Waals surface area contributed by atoms with Crippen molar-refractivity contribution in [3.05, 3.63) is 153 Å². The first-order chi connectivity index (χ1) is 20.2. The molecule has 4 heteroatoms. The van der Waals surface area contributed by atoms with Crippen LogP contribution in [0.2, 0.25) is 0 Å². The summed E-state index contributed by atoms with van der Waals surface area (Å²) in [6, 6.07) is 43.7. The van der Waals surface area contributed by atoms with Crippen molar-refractivity contribution < 1.29 is 4.42 Å². The fourth-order valence-corrected chi connectivity index (χ4v) is 9.78. The Morgan fingerprint density at radius 2 is 1.12 bits per heavy atom. The molecular weight excluding hydrogens is 652 g/mol. The summed E-state index contributed by atoms with van der Waals surface area (Å²) in [5.41, 5.74) is 8.74. The van der Waals surface area contributed by atoms with Crippen LogP contribution in [-0.4, -0.2) is 0 Å². The molecule has 194 valence electrons. The van der Waals surface area contributed by atoms with Crippen LogP contribution in [0, 0.1) is 0 Å². The van der Waals surface area contributed by atoms with Crippen molar-refractivity contribution >= 4 is 85.3 Å². The highest BCUT2D eigenvalue weighted by Crippen LogP contribution is 2.63. The molecule has 0 saturated heterocycles. The predicted octanol–water partition coefficient (Wildman–Crippen LogP) is 11.8. The number of para-hydroxylation sites is 1. The molecule has 6 aromatic carbocycles. The molecule has 0 aliphatic heterocycles. The summed E-state index contributed by atoms with van der Waals surface area (Å²) in [5.74, 6) is 0. The highest BCUT2D eigenvalue weighted by molar-refractivity contribution is 9.11. The average molecular weight is 672 g/mol. The number of hydrogen-bond donors (Lipinski definition) is 0. The molecule has 1 nitrogen and oxygen atoms in total. The van der Waals surface area contributed by atoms with Gasteiger partial charge in [0.1, 0.15) is 11.2 Å². The number of benzene rings is 6. The Labute approximate surface area is 257 Å². The molecular formula is C37H20Br2OS. The van der Waals surface area contributed by atoms with E-state index in [4.69, 9.17) is 4.42 Å². The average Bonchev–Trinajstić information content (AvgIpc) is 3.67. The molecule has 9 rings (SSSR count). The molecule has 0 bridgehead atoms. The molecule has 0 N–H and O–H groups in total. The quantitative estimate of drug-likeness (QED) is 0.178.